The van der Waals surface area contributed by atoms with Crippen LogP contribution >= 0.6 is 0 Å². The maximum atomic E-state index is 14.7. The Balaban J connectivity index is 1.58. The van der Waals surface area contributed by atoms with E-state index in [0.29, 0.717) is 17.4 Å². The number of hydrogen-bond acceptors (Lipinski definition) is 6. The minimum absolute atomic E-state index is 0.0927. The third-order valence-electron chi connectivity index (χ3n) is 5.90. The molecule has 0 spiro atoms. The Morgan fingerprint density at radius 3 is 2.45 bits per heavy atom. The second-order valence-corrected chi connectivity index (χ2v) is 8.43. The van der Waals surface area contributed by atoms with Crippen molar-refractivity contribution < 1.29 is 36.6 Å². The minimum Gasteiger partial charge on any atom is -0.406 e. The number of aromatic nitrogens is 5. The number of carbonyl (C=O) groups excluding carboxylic acids is 1. The molecule has 4 rings (SSSR count). The van der Waals surface area contributed by atoms with E-state index in [-0.39, 0.29) is 17.7 Å². The van der Waals surface area contributed by atoms with Gasteiger partial charge in [0.05, 0.1) is 35.7 Å². The van der Waals surface area contributed by atoms with Crippen LogP contribution in [0.5, 0.6) is 5.75 Å². The molecular formula is C24H21F5N6O3. The van der Waals surface area contributed by atoms with Crippen LogP contribution in [-0.4, -0.2) is 48.0 Å². The Kier molecular flexibility index (Phi) is 7.18. The first-order valence-corrected chi connectivity index (χ1v) is 11.1. The first kappa shape index (κ1) is 26.7. The van der Waals surface area contributed by atoms with E-state index in [9.17, 15) is 31.9 Å². The second kappa shape index (κ2) is 10.2. The number of aliphatic hydroxyl groups is 1. The molecule has 0 radical (unpaired) electrons. The van der Waals surface area contributed by atoms with Crippen molar-refractivity contribution in [2.24, 2.45) is 0 Å². The third kappa shape index (κ3) is 5.64. The van der Waals surface area contributed by atoms with E-state index in [1.54, 1.807) is 6.92 Å². The van der Waals surface area contributed by atoms with Crippen LogP contribution < -0.4 is 10.1 Å². The van der Waals surface area contributed by atoms with E-state index in [1.807, 2.05) is 0 Å². The van der Waals surface area contributed by atoms with Crippen LogP contribution in [0.3, 0.4) is 0 Å². The molecule has 0 aliphatic carbocycles. The maximum Gasteiger partial charge on any atom is 0.573 e. The molecule has 0 aliphatic rings. The fraction of sp³-hybridized carbons (Fsp3) is 0.250. The van der Waals surface area contributed by atoms with Crippen molar-refractivity contribution in [1.29, 1.82) is 0 Å². The largest absolute Gasteiger partial charge is 0.573 e. The zero-order valence-electron chi connectivity index (χ0n) is 19.9. The van der Waals surface area contributed by atoms with Gasteiger partial charge in [-0.05, 0) is 44.2 Å². The van der Waals surface area contributed by atoms with Crippen molar-refractivity contribution in [2.75, 3.05) is 0 Å². The molecule has 2 atom stereocenters. The predicted molar refractivity (Wildman–Crippen MR) is 122 cm³/mol. The molecule has 0 saturated heterocycles. The minimum atomic E-state index is -4.84. The second-order valence-electron chi connectivity index (χ2n) is 8.43. The van der Waals surface area contributed by atoms with Gasteiger partial charge in [-0.1, -0.05) is 6.07 Å². The Hall–Kier alpha value is -4.33. The molecule has 0 unspecified atom stereocenters. The fourth-order valence-corrected chi connectivity index (χ4v) is 3.93. The van der Waals surface area contributed by atoms with Gasteiger partial charge in [0.25, 0.3) is 5.91 Å². The summed E-state index contributed by atoms with van der Waals surface area (Å²) in [6, 6.07) is 6.44. The van der Waals surface area contributed by atoms with Crippen LogP contribution in [0.15, 0.2) is 61.3 Å². The van der Waals surface area contributed by atoms with E-state index < -0.39 is 41.3 Å². The summed E-state index contributed by atoms with van der Waals surface area (Å²) >= 11 is 0. The van der Waals surface area contributed by atoms with Gasteiger partial charge < -0.3 is 15.2 Å². The summed E-state index contributed by atoms with van der Waals surface area (Å²) in [6.45, 7) is 2.69. The monoisotopic (exact) mass is 536 g/mol. The van der Waals surface area contributed by atoms with Crippen molar-refractivity contribution in [1.82, 2.24) is 29.9 Å². The highest BCUT2D eigenvalue weighted by Gasteiger charge is 2.40. The predicted octanol–water partition coefficient (Wildman–Crippen LogP) is 3.66. The standard InChI is InChI=1S/C24H21F5N6O3/c1-14-19(10-31-35(14)17-4-6-18(7-5-17)38-24(27,28)29)22(36)33-15(2)23(37,11-34-13-30-12-32-34)20-8-3-16(25)9-21(20)26/h3-10,12-13,15,37H,11H2,1-2H3,(H,33,36)/t15-,23-/m1/s1. The Labute approximate surface area is 212 Å². The van der Waals surface area contributed by atoms with Gasteiger partial charge in [0.15, 0.2) is 0 Å². The number of alkyl halides is 3. The lowest BCUT2D eigenvalue weighted by atomic mass is 9.86. The molecule has 0 saturated carbocycles. The molecule has 1 amide bonds. The summed E-state index contributed by atoms with van der Waals surface area (Å²) in [4.78, 5) is 16.9. The highest BCUT2D eigenvalue weighted by atomic mass is 19.4. The molecule has 2 aromatic carbocycles. The summed E-state index contributed by atoms with van der Waals surface area (Å²) in [6.07, 6.45) is -1.09. The molecule has 14 heteroatoms. The molecular weight excluding hydrogens is 515 g/mol. The van der Waals surface area contributed by atoms with Crippen LogP contribution in [0.1, 0.15) is 28.5 Å². The van der Waals surface area contributed by atoms with Crippen LogP contribution in [0.4, 0.5) is 22.0 Å². The number of nitrogens with one attached hydrogen (secondary N) is 1. The van der Waals surface area contributed by atoms with Gasteiger partial charge in [0.1, 0.15) is 35.6 Å². The van der Waals surface area contributed by atoms with Crippen LogP contribution in [0, 0.1) is 18.6 Å². The first-order chi connectivity index (χ1) is 17.9. The van der Waals surface area contributed by atoms with Gasteiger partial charge in [-0.15, -0.1) is 13.2 Å². The van der Waals surface area contributed by atoms with Crippen molar-refractivity contribution in [3.05, 3.63) is 89.8 Å². The summed E-state index contributed by atoms with van der Waals surface area (Å²) in [5.74, 6) is -2.95. The smallest absolute Gasteiger partial charge is 0.406 e. The van der Waals surface area contributed by atoms with Crippen molar-refractivity contribution in [3.8, 4) is 11.4 Å². The molecule has 9 nitrogen and oxygen atoms in total. The summed E-state index contributed by atoms with van der Waals surface area (Å²) in [5, 5.41) is 22.2. The van der Waals surface area contributed by atoms with Gasteiger partial charge in [-0.3, -0.25) is 4.79 Å². The van der Waals surface area contributed by atoms with Crippen LogP contribution in [0.2, 0.25) is 0 Å². The molecule has 4 aromatic rings. The van der Waals surface area contributed by atoms with Crippen molar-refractivity contribution in [3.63, 3.8) is 0 Å². The summed E-state index contributed by atoms with van der Waals surface area (Å²) in [7, 11) is 0. The SMILES string of the molecule is Cc1c(C(=O)N[C@H](C)[C@](O)(Cn2cncn2)c2ccc(F)cc2F)cnn1-c1ccc(OC(F)(F)F)cc1. The lowest BCUT2D eigenvalue weighted by Crippen LogP contribution is -2.52. The van der Waals surface area contributed by atoms with Gasteiger partial charge in [-0.25, -0.2) is 23.1 Å². The average molecular weight is 536 g/mol. The van der Waals surface area contributed by atoms with Crippen LogP contribution in [0.25, 0.3) is 5.69 Å². The molecule has 2 aromatic heterocycles. The highest BCUT2D eigenvalue weighted by Crippen LogP contribution is 2.30. The molecule has 38 heavy (non-hydrogen) atoms. The highest BCUT2D eigenvalue weighted by molar-refractivity contribution is 5.95. The summed E-state index contributed by atoms with van der Waals surface area (Å²) in [5.41, 5.74) is -1.54. The van der Waals surface area contributed by atoms with E-state index in [2.05, 4.69) is 25.2 Å². The van der Waals surface area contributed by atoms with Gasteiger partial charge in [-0.2, -0.15) is 10.2 Å². The molecule has 200 valence electrons. The summed E-state index contributed by atoms with van der Waals surface area (Å²) < 4.78 is 71.9. The zero-order valence-corrected chi connectivity index (χ0v) is 19.9. The average Bonchev–Trinajstić information content (AvgIpc) is 3.48. The molecule has 0 bridgehead atoms. The quantitative estimate of drug-likeness (QED) is 0.333. The van der Waals surface area contributed by atoms with Crippen molar-refractivity contribution in [2.45, 2.75) is 38.4 Å². The number of hydrogen-bond donors (Lipinski definition) is 2. The number of benzene rings is 2. The maximum absolute atomic E-state index is 14.7. The Morgan fingerprint density at radius 2 is 1.84 bits per heavy atom. The number of nitrogens with zero attached hydrogens (tertiary/aromatic N) is 5. The number of carbonyl (C=O) groups is 1. The third-order valence-corrected chi connectivity index (χ3v) is 5.90. The number of rotatable bonds is 8. The van der Waals surface area contributed by atoms with Gasteiger partial charge in [0.2, 0.25) is 0 Å². The van der Waals surface area contributed by atoms with E-state index >= 15 is 0 Å². The Bertz CT molecular complexity index is 1420. The van der Waals surface area contributed by atoms with Crippen molar-refractivity contribution >= 4 is 5.91 Å². The molecule has 0 fully saturated rings. The molecule has 0 aliphatic heterocycles. The zero-order chi connectivity index (χ0) is 27.7. The van der Waals surface area contributed by atoms with Gasteiger partial charge >= 0.3 is 6.36 Å². The molecule has 2 N–H and O–H groups in total. The number of amides is 1. The van der Waals surface area contributed by atoms with E-state index in [1.165, 1.54) is 47.3 Å². The number of ether oxygens (including phenoxy) is 1. The van der Waals surface area contributed by atoms with Crippen LogP contribution in [-0.2, 0) is 12.1 Å². The fourth-order valence-electron chi connectivity index (χ4n) is 3.93. The van der Waals surface area contributed by atoms with E-state index in [0.717, 1.165) is 24.3 Å². The van der Waals surface area contributed by atoms with E-state index in [4.69, 9.17) is 0 Å². The number of halogens is 5. The topological polar surface area (TPSA) is 107 Å². The lowest BCUT2D eigenvalue weighted by molar-refractivity contribution is -0.274. The first-order valence-electron chi connectivity index (χ1n) is 11.1. The van der Waals surface area contributed by atoms with Gasteiger partial charge in [0, 0.05) is 11.6 Å². The Morgan fingerprint density at radius 1 is 1.13 bits per heavy atom. The lowest BCUT2D eigenvalue weighted by Gasteiger charge is -2.35. The molecule has 2 heterocycles. The normalized spacial score (nSPS) is 14.1.